The molecule has 0 fully saturated rings. The minimum absolute atomic E-state index is 0.0289. The Morgan fingerprint density at radius 3 is 2.19 bits per heavy atom. The van der Waals surface area contributed by atoms with Crippen molar-refractivity contribution >= 4 is 15.8 Å². The molecule has 0 spiro atoms. The predicted octanol–water partition coefficient (Wildman–Crippen LogP) is 4.40. The molecule has 0 aromatic heterocycles. The highest BCUT2D eigenvalue weighted by atomic mass is 32.2. The van der Waals surface area contributed by atoms with Gasteiger partial charge in [-0.1, -0.05) is 23.3 Å². The lowest BCUT2D eigenvalue weighted by molar-refractivity contribution is -0.139. The molecule has 0 bridgehead atoms. The van der Waals surface area contributed by atoms with E-state index in [9.17, 15) is 18.3 Å². The molecule has 1 aromatic carbocycles. The highest BCUT2D eigenvalue weighted by Crippen LogP contribution is 2.31. The molecule has 1 rings (SSSR count). The molecule has 5 nitrogen and oxygen atoms in total. The first-order valence-corrected chi connectivity index (χ1v) is 9.94. The summed E-state index contributed by atoms with van der Waals surface area (Å²) < 4.78 is 29.0. The van der Waals surface area contributed by atoms with E-state index in [1.54, 1.807) is 6.08 Å². The van der Waals surface area contributed by atoms with Gasteiger partial charge in [-0.15, -0.1) is 0 Å². The number of carbonyl (C=O) groups is 1. The van der Waals surface area contributed by atoms with Gasteiger partial charge in [-0.05, 0) is 71.2 Å². The Kier molecular flexibility index (Phi) is 7.63. The van der Waals surface area contributed by atoms with E-state index in [1.165, 1.54) is 43.9 Å². The van der Waals surface area contributed by atoms with E-state index >= 15 is 0 Å². The molecule has 0 radical (unpaired) electrons. The lowest BCUT2D eigenvalue weighted by atomic mass is 10.0. The van der Waals surface area contributed by atoms with Gasteiger partial charge in [-0.2, -0.15) is 0 Å². The van der Waals surface area contributed by atoms with Crippen molar-refractivity contribution in [1.29, 1.82) is 0 Å². The number of hydrogen-bond acceptors (Lipinski definition) is 4. The molecule has 0 amide bonds. The van der Waals surface area contributed by atoms with Crippen molar-refractivity contribution in [3.8, 4) is 5.75 Å². The summed E-state index contributed by atoms with van der Waals surface area (Å²) in [6, 6.07) is 5.77. The maximum atomic E-state index is 13.0. The molecule has 144 valence electrons. The number of carboxylic acids is 1. The van der Waals surface area contributed by atoms with Crippen LogP contribution in [0.2, 0.25) is 0 Å². The number of carboxylic acid groups (broad SMARTS) is 1. The second-order valence-corrected chi connectivity index (χ2v) is 9.17. The van der Waals surface area contributed by atoms with Crippen LogP contribution >= 0.6 is 0 Å². The van der Waals surface area contributed by atoms with Gasteiger partial charge in [0.1, 0.15) is 5.75 Å². The van der Waals surface area contributed by atoms with Crippen molar-refractivity contribution in [2.24, 2.45) is 0 Å². The van der Waals surface area contributed by atoms with Gasteiger partial charge >= 0.3 is 5.97 Å². The highest BCUT2D eigenvalue weighted by molar-refractivity contribution is 7.93. The summed E-state index contributed by atoms with van der Waals surface area (Å²) in [5.41, 5.74) is 2.19. The Labute approximate surface area is 156 Å². The number of aliphatic carboxylic acids is 1. The zero-order valence-corrected chi connectivity index (χ0v) is 16.9. The molecule has 1 N–H and O–H groups in total. The largest absolute Gasteiger partial charge is 0.497 e. The Morgan fingerprint density at radius 1 is 1.15 bits per heavy atom. The molecule has 0 aliphatic rings. The number of ether oxygens (including phenoxy) is 1. The molecule has 6 heteroatoms. The van der Waals surface area contributed by atoms with Gasteiger partial charge in [0.15, 0.2) is 14.6 Å². The van der Waals surface area contributed by atoms with Crippen LogP contribution in [0.5, 0.6) is 5.75 Å². The summed E-state index contributed by atoms with van der Waals surface area (Å²) in [7, 11) is -2.59. The van der Waals surface area contributed by atoms with Gasteiger partial charge in [0.25, 0.3) is 0 Å². The average molecular weight is 381 g/mol. The number of methoxy groups -OCH3 is 1. The Balaban J connectivity index is 3.10. The summed E-state index contributed by atoms with van der Waals surface area (Å²) in [6.07, 6.45) is 5.34. The molecule has 0 saturated heterocycles. The summed E-state index contributed by atoms with van der Waals surface area (Å²) >= 11 is 0. The van der Waals surface area contributed by atoms with E-state index in [1.807, 2.05) is 20.8 Å². The minimum Gasteiger partial charge on any atom is -0.497 e. The van der Waals surface area contributed by atoms with Crippen molar-refractivity contribution in [3.05, 3.63) is 47.6 Å². The minimum atomic E-state index is -4.07. The molecule has 0 heterocycles. The lowest BCUT2D eigenvalue weighted by Crippen LogP contribution is -2.43. The number of allylic oxidation sites excluding steroid dienone is 4. The second kappa shape index (κ2) is 9.03. The predicted molar refractivity (Wildman–Crippen MR) is 103 cm³/mol. The molecule has 1 atom stereocenters. The van der Waals surface area contributed by atoms with Crippen LogP contribution in [0.25, 0.3) is 0 Å². The number of sulfone groups is 1. The van der Waals surface area contributed by atoms with Gasteiger partial charge in [-0.3, -0.25) is 4.79 Å². The number of hydrogen-bond donors (Lipinski definition) is 1. The molecular weight excluding hydrogens is 352 g/mol. The van der Waals surface area contributed by atoms with E-state index < -0.39 is 20.6 Å². The van der Waals surface area contributed by atoms with E-state index in [2.05, 4.69) is 6.08 Å². The normalized spacial score (nSPS) is 14.4. The average Bonchev–Trinajstić information content (AvgIpc) is 2.58. The van der Waals surface area contributed by atoms with Crippen LogP contribution in [0.3, 0.4) is 0 Å². The molecule has 0 saturated carbocycles. The fourth-order valence-electron chi connectivity index (χ4n) is 2.39. The maximum Gasteiger partial charge on any atom is 0.325 e. The van der Waals surface area contributed by atoms with Crippen LogP contribution in [0.1, 0.15) is 47.0 Å². The molecule has 0 aliphatic carbocycles. The summed E-state index contributed by atoms with van der Waals surface area (Å²) in [5.74, 6) is -0.849. The zero-order chi connectivity index (χ0) is 20.0. The van der Waals surface area contributed by atoms with Crippen molar-refractivity contribution < 1.29 is 23.1 Å². The fourth-order valence-corrected chi connectivity index (χ4v) is 3.93. The van der Waals surface area contributed by atoms with Crippen LogP contribution in [-0.4, -0.2) is 31.4 Å². The first kappa shape index (κ1) is 22.0. The summed E-state index contributed by atoms with van der Waals surface area (Å²) in [5, 5.41) is 9.65. The topological polar surface area (TPSA) is 80.7 Å². The second-order valence-electron chi connectivity index (χ2n) is 6.79. The number of rotatable bonds is 9. The SMILES string of the molecule is COc1ccc(S(=O)(=O)C(C)(CC=C(C)CCC=C(C)C)C(=O)O)cc1. The van der Waals surface area contributed by atoms with Crippen LogP contribution < -0.4 is 4.74 Å². The van der Waals surface area contributed by atoms with Crippen LogP contribution in [0.4, 0.5) is 0 Å². The first-order valence-electron chi connectivity index (χ1n) is 8.45. The third-order valence-electron chi connectivity index (χ3n) is 4.35. The third kappa shape index (κ3) is 5.21. The van der Waals surface area contributed by atoms with Crippen LogP contribution in [0, 0.1) is 0 Å². The van der Waals surface area contributed by atoms with Crippen LogP contribution in [-0.2, 0) is 14.6 Å². The smallest absolute Gasteiger partial charge is 0.325 e. The Hall–Kier alpha value is -2.08. The van der Waals surface area contributed by atoms with Crippen molar-refractivity contribution in [1.82, 2.24) is 0 Å². The Bertz CT molecular complexity index is 784. The van der Waals surface area contributed by atoms with Crippen molar-refractivity contribution in [2.75, 3.05) is 7.11 Å². The standard InChI is InChI=1S/C20H28O5S/c1-15(2)7-6-8-16(3)13-14-20(4,19(21)22)26(23,24)18-11-9-17(25-5)10-12-18/h7,9-13H,6,8,14H2,1-5H3,(H,21,22). The molecule has 26 heavy (non-hydrogen) atoms. The molecular formula is C20H28O5S. The molecule has 1 aromatic rings. The van der Waals surface area contributed by atoms with E-state index in [-0.39, 0.29) is 11.3 Å². The lowest BCUT2D eigenvalue weighted by Gasteiger charge is -2.24. The van der Waals surface area contributed by atoms with E-state index in [4.69, 9.17) is 4.74 Å². The van der Waals surface area contributed by atoms with Gasteiger partial charge < -0.3 is 9.84 Å². The van der Waals surface area contributed by atoms with Crippen molar-refractivity contribution in [3.63, 3.8) is 0 Å². The number of benzene rings is 1. The van der Waals surface area contributed by atoms with Crippen LogP contribution in [0.15, 0.2) is 52.5 Å². The monoisotopic (exact) mass is 380 g/mol. The highest BCUT2D eigenvalue weighted by Gasteiger charge is 2.46. The summed E-state index contributed by atoms with van der Waals surface area (Å²) in [4.78, 5) is 11.8. The first-order chi connectivity index (χ1) is 12.0. The zero-order valence-electron chi connectivity index (χ0n) is 16.1. The molecule has 0 aliphatic heterocycles. The van der Waals surface area contributed by atoms with Gasteiger partial charge in [0.05, 0.1) is 12.0 Å². The van der Waals surface area contributed by atoms with Crippen molar-refractivity contribution in [2.45, 2.75) is 56.6 Å². The van der Waals surface area contributed by atoms with Gasteiger partial charge in [0, 0.05) is 0 Å². The fraction of sp³-hybridized carbons (Fsp3) is 0.450. The maximum absolute atomic E-state index is 13.0. The third-order valence-corrected chi connectivity index (χ3v) is 6.77. The Morgan fingerprint density at radius 2 is 1.73 bits per heavy atom. The van der Waals surface area contributed by atoms with E-state index in [0.29, 0.717) is 5.75 Å². The molecule has 1 unspecified atom stereocenters. The van der Waals surface area contributed by atoms with Gasteiger partial charge in [0.2, 0.25) is 0 Å². The van der Waals surface area contributed by atoms with Gasteiger partial charge in [-0.25, -0.2) is 8.42 Å². The van der Waals surface area contributed by atoms with E-state index in [0.717, 1.165) is 18.4 Å². The quantitative estimate of drug-likeness (QED) is 0.642. The summed E-state index contributed by atoms with van der Waals surface area (Å²) in [6.45, 7) is 7.18.